The molecule has 2 aromatic carbocycles. The molecule has 1 aliphatic heterocycles. The predicted molar refractivity (Wildman–Crippen MR) is 116 cm³/mol. The normalized spacial score (nSPS) is 23.3. The van der Waals surface area contributed by atoms with E-state index in [0.717, 1.165) is 37.0 Å². The van der Waals surface area contributed by atoms with Gasteiger partial charge >= 0.3 is 5.97 Å². The van der Waals surface area contributed by atoms with E-state index in [0.29, 0.717) is 19.2 Å². The molecule has 1 saturated carbocycles. The van der Waals surface area contributed by atoms with Crippen molar-refractivity contribution in [2.45, 2.75) is 59.1 Å². The standard InChI is InChI=1S/C25H33NO3/c1-16(2)19-6-8-22(9-7-19)29-23-10-17(3)24-11-18(4-5-20(24)12-23)13-26-14-21(15-26)25(27)28/h4-5,10-12,16,19,21-22H,6-9,13-15H2,1-3H3,(H,27,28). The lowest BCUT2D eigenvalue weighted by Crippen LogP contribution is -2.49. The Kier molecular flexibility index (Phi) is 5.82. The zero-order valence-electron chi connectivity index (χ0n) is 17.9. The number of carbonyl (C=O) groups is 1. The average Bonchev–Trinajstić information content (AvgIpc) is 2.65. The molecule has 1 saturated heterocycles. The molecule has 0 bridgehead atoms. The number of carboxylic acids is 1. The van der Waals surface area contributed by atoms with Crippen LogP contribution < -0.4 is 4.74 Å². The minimum Gasteiger partial charge on any atom is -0.490 e. The summed E-state index contributed by atoms with van der Waals surface area (Å²) in [7, 11) is 0. The topological polar surface area (TPSA) is 49.8 Å². The van der Waals surface area contributed by atoms with Crippen LogP contribution >= 0.6 is 0 Å². The van der Waals surface area contributed by atoms with E-state index in [1.807, 2.05) is 0 Å². The number of hydrogen-bond donors (Lipinski definition) is 1. The molecule has 0 unspecified atom stereocenters. The van der Waals surface area contributed by atoms with Crippen molar-refractivity contribution >= 4 is 16.7 Å². The third kappa shape index (κ3) is 4.58. The van der Waals surface area contributed by atoms with Crippen molar-refractivity contribution in [2.75, 3.05) is 13.1 Å². The highest BCUT2D eigenvalue weighted by molar-refractivity contribution is 5.87. The molecule has 1 heterocycles. The first-order chi connectivity index (χ1) is 13.9. The van der Waals surface area contributed by atoms with Crippen LogP contribution in [0.2, 0.25) is 0 Å². The van der Waals surface area contributed by atoms with Gasteiger partial charge in [0.1, 0.15) is 5.75 Å². The number of ether oxygens (including phenoxy) is 1. The minimum atomic E-state index is -0.680. The molecule has 4 nitrogen and oxygen atoms in total. The van der Waals surface area contributed by atoms with Gasteiger partial charge < -0.3 is 9.84 Å². The Bertz CT molecular complexity index is 877. The van der Waals surface area contributed by atoms with E-state index in [2.05, 4.69) is 56.0 Å². The number of carboxylic acid groups (broad SMARTS) is 1. The van der Waals surface area contributed by atoms with Crippen LogP contribution in [0.3, 0.4) is 0 Å². The van der Waals surface area contributed by atoms with Gasteiger partial charge in [-0.15, -0.1) is 0 Å². The lowest BCUT2D eigenvalue weighted by molar-refractivity contribution is -0.147. The molecule has 0 amide bonds. The van der Waals surface area contributed by atoms with Crippen LogP contribution in [0.4, 0.5) is 0 Å². The second kappa shape index (κ2) is 8.35. The summed E-state index contributed by atoms with van der Waals surface area (Å²) in [6.45, 7) is 8.93. The lowest BCUT2D eigenvalue weighted by atomic mass is 9.80. The Morgan fingerprint density at radius 2 is 1.86 bits per heavy atom. The van der Waals surface area contributed by atoms with Gasteiger partial charge in [-0.3, -0.25) is 9.69 Å². The molecule has 0 radical (unpaired) electrons. The second-order valence-corrected chi connectivity index (χ2v) is 9.42. The lowest BCUT2D eigenvalue weighted by Gasteiger charge is -2.36. The maximum atomic E-state index is 11.0. The monoisotopic (exact) mass is 395 g/mol. The number of likely N-dealkylation sites (tertiary alicyclic amines) is 1. The predicted octanol–water partition coefficient (Wildman–Crippen LogP) is 5.26. The maximum Gasteiger partial charge on any atom is 0.309 e. The van der Waals surface area contributed by atoms with Gasteiger partial charge in [-0.25, -0.2) is 0 Å². The van der Waals surface area contributed by atoms with E-state index in [9.17, 15) is 4.79 Å². The zero-order chi connectivity index (χ0) is 20.5. The Balaban J connectivity index is 1.41. The van der Waals surface area contributed by atoms with Gasteiger partial charge in [-0.05, 0) is 84.5 Å². The molecule has 1 N–H and O–H groups in total. The molecule has 0 atom stereocenters. The quantitative estimate of drug-likeness (QED) is 0.725. The summed E-state index contributed by atoms with van der Waals surface area (Å²) in [4.78, 5) is 13.2. The van der Waals surface area contributed by atoms with Gasteiger partial charge in [0, 0.05) is 19.6 Å². The van der Waals surface area contributed by atoms with Crippen LogP contribution in [0.25, 0.3) is 10.8 Å². The van der Waals surface area contributed by atoms with Crippen LogP contribution in [0, 0.1) is 24.7 Å². The van der Waals surface area contributed by atoms with Gasteiger partial charge in [0.05, 0.1) is 12.0 Å². The molecule has 0 aromatic heterocycles. The average molecular weight is 396 g/mol. The highest BCUT2D eigenvalue weighted by atomic mass is 16.5. The van der Waals surface area contributed by atoms with Crippen LogP contribution in [-0.4, -0.2) is 35.2 Å². The summed E-state index contributed by atoms with van der Waals surface area (Å²) in [5.41, 5.74) is 2.48. The molecule has 0 spiro atoms. The summed E-state index contributed by atoms with van der Waals surface area (Å²) < 4.78 is 6.36. The zero-order valence-corrected chi connectivity index (χ0v) is 17.9. The van der Waals surface area contributed by atoms with E-state index in [4.69, 9.17) is 9.84 Å². The van der Waals surface area contributed by atoms with Crippen molar-refractivity contribution < 1.29 is 14.6 Å². The summed E-state index contributed by atoms with van der Waals surface area (Å²) >= 11 is 0. The SMILES string of the molecule is Cc1cc(OC2CCC(C(C)C)CC2)cc2ccc(CN3CC(C(=O)O)C3)cc12. The van der Waals surface area contributed by atoms with Crippen molar-refractivity contribution in [2.24, 2.45) is 17.8 Å². The van der Waals surface area contributed by atoms with E-state index >= 15 is 0 Å². The maximum absolute atomic E-state index is 11.0. The number of hydrogen-bond acceptors (Lipinski definition) is 3. The molecule has 2 aromatic rings. The van der Waals surface area contributed by atoms with Crippen molar-refractivity contribution in [3.05, 3.63) is 41.5 Å². The number of rotatable bonds is 6. The third-order valence-electron chi connectivity index (χ3n) is 6.88. The molecule has 2 fully saturated rings. The highest BCUT2D eigenvalue weighted by Crippen LogP contribution is 2.34. The van der Waals surface area contributed by atoms with E-state index < -0.39 is 5.97 Å². The molecule has 2 aliphatic rings. The molecular formula is C25H33NO3. The number of fused-ring (bicyclic) bond motifs is 1. The first-order valence-electron chi connectivity index (χ1n) is 11.0. The Morgan fingerprint density at radius 3 is 2.52 bits per heavy atom. The van der Waals surface area contributed by atoms with Crippen LogP contribution in [0.15, 0.2) is 30.3 Å². The first-order valence-corrected chi connectivity index (χ1v) is 11.0. The molecule has 156 valence electrons. The number of aliphatic carboxylic acids is 1. The first kappa shape index (κ1) is 20.2. The van der Waals surface area contributed by atoms with E-state index in [1.165, 1.54) is 34.7 Å². The smallest absolute Gasteiger partial charge is 0.309 e. The van der Waals surface area contributed by atoms with Gasteiger partial charge in [0.25, 0.3) is 0 Å². The molecule has 4 heteroatoms. The van der Waals surface area contributed by atoms with Crippen molar-refractivity contribution in [1.29, 1.82) is 0 Å². The van der Waals surface area contributed by atoms with Gasteiger partial charge in [-0.2, -0.15) is 0 Å². The fourth-order valence-electron chi connectivity index (χ4n) is 4.90. The largest absolute Gasteiger partial charge is 0.490 e. The Morgan fingerprint density at radius 1 is 1.14 bits per heavy atom. The number of benzene rings is 2. The van der Waals surface area contributed by atoms with Crippen molar-refractivity contribution in [3.63, 3.8) is 0 Å². The third-order valence-corrected chi connectivity index (χ3v) is 6.88. The van der Waals surface area contributed by atoms with E-state index in [1.54, 1.807) is 0 Å². The summed E-state index contributed by atoms with van der Waals surface area (Å²) in [6, 6.07) is 10.9. The number of aryl methyl sites for hydroxylation is 1. The van der Waals surface area contributed by atoms with Crippen molar-refractivity contribution in [3.8, 4) is 5.75 Å². The molecular weight excluding hydrogens is 362 g/mol. The number of nitrogens with zero attached hydrogens (tertiary/aromatic N) is 1. The van der Waals surface area contributed by atoms with Crippen molar-refractivity contribution in [1.82, 2.24) is 4.90 Å². The van der Waals surface area contributed by atoms with Gasteiger partial charge in [0.2, 0.25) is 0 Å². The fraction of sp³-hybridized carbons (Fsp3) is 0.560. The Labute approximate surface area is 173 Å². The summed E-state index contributed by atoms with van der Waals surface area (Å²) in [5, 5.41) is 11.5. The molecule has 29 heavy (non-hydrogen) atoms. The molecule has 4 rings (SSSR count). The Hall–Kier alpha value is -2.07. The van der Waals surface area contributed by atoms with E-state index in [-0.39, 0.29) is 5.92 Å². The summed E-state index contributed by atoms with van der Waals surface area (Å²) in [6.07, 6.45) is 5.21. The van der Waals surface area contributed by atoms with Crippen LogP contribution in [0.1, 0.15) is 50.7 Å². The second-order valence-electron chi connectivity index (χ2n) is 9.42. The highest BCUT2D eigenvalue weighted by Gasteiger charge is 2.32. The molecule has 1 aliphatic carbocycles. The fourth-order valence-corrected chi connectivity index (χ4v) is 4.90. The minimum absolute atomic E-state index is 0.201. The summed E-state index contributed by atoms with van der Waals surface area (Å²) in [5.74, 6) is 1.74. The van der Waals surface area contributed by atoms with Gasteiger partial charge in [-0.1, -0.05) is 26.0 Å². The van der Waals surface area contributed by atoms with Gasteiger partial charge in [0.15, 0.2) is 0 Å². The van der Waals surface area contributed by atoms with Crippen LogP contribution in [0.5, 0.6) is 5.75 Å². The van der Waals surface area contributed by atoms with Crippen LogP contribution in [-0.2, 0) is 11.3 Å².